The molecular formula is C13H20N4O3S. The standard InChI is InChI=1S/C13H20N4O3S/c1-21-12-4-2-3-10(7-12)15-13(18)5-6-16-9-11(8-14-16)17(19)20/h8-10,12H,2-7H2,1H3,(H,15,18). The number of nitro groups is 1. The van der Waals surface area contributed by atoms with E-state index in [1.54, 1.807) is 0 Å². The number of aryl methyl sites for hydroxylation is 1. The number of nitrogens with zero attached hydrogens (tertiary/aromatic N) is 3. The minimum Gasteiger partial charge on any atom is -0.353 e. The summed E-state index contributed by atoms with van der Waals surface area (Å²) in [7, 11) is 0. The first-order valence-corrected chi connectivity index (χ1v) is 8.36. The van der Waals surface area contributed by atoms with Gasteiger partial charge in [0.05, 0.1) is 4.92 Å². The Labute approximate surface area is 127 Å². The molecule has 1 N–H and O–H groups in total. The molecular weight excluding hydrogens is 292 g/mol. The summed E-state index contributed by atoms with van der Waals surface area (Å²) in [5, 5.41) is 18.1. The quantitative estimate of drug-likeness (QED) is 0.640. The minimum atomic E-state index is -0.492. The molecule has 1 aromatic heterocycles. The van der Waals surface area contributed by atoms with Gasteiger partial charge >= 0.3 is 5.69 Å². The lowest BCUT2D eigenvalue weighted by molar-refractivity contribution is -0.385. The summed E-state index contributed by atoms with van der Waals surface area (Å²) in [4.78, 5) is 22.0. The largest absolute Gasteiger partial charge is 0.353 e. The SMILES string of the molecule is CSC1CCCC(NC(=O)CCn2cc([N+](=O)[O-])cn2)C1. The molecule has 1 amide bonds. The maximum atomic E-state index is 11.9. The fraction of sp³-hybridized carbons (Fsp3) is 0.692. The van der Waals surface area contributed by atoms with E-state index in [9.17, 15) is 14.9 Å². The molecule has 116 valence electrons. The summed E-state index contributed by atoms with van der Waals surface area (Å²) in [5.74, 6) is -0.0140. The zero-order valence-electron chi connectivity index (χ0n) is 12.0. The van der Waals surface area contributed by atoms with E-state index in [0.29, 0.717) is 18.2 Å². The van der Waals surface area contributed by atoms with Crippen molar-refractivity contribution in [3.05, 3.63) is 22.5 Å². The molecule has 0 saturated heterocycles. The molecule has 1 fully saturated rings. The number of amides is 1. The van der Waals surface area contributed by atoms with Crippen LogP contribution in [-0.4, -0.2) is 38.2 Å². The smallest absolute Gasteiger partial charge is 0.306 e. The fourth-order valence-electron chi connectivity index (χ4n) is 2.58. The summed E-state index contributed by atoms with van der Waals surface area (Å²) in [5.41, 5.74) is -0.0505. The Kier molecular flexibility index (Phi) is 5.60. The molecule has 8 heteroatoms. The molecule has 21 heavy (non-hydrogen) atoms. The van der Waals surface area contributed by atoms with Crippen LogP contribution in [0.5, 0.6) is 0 Å². The summed E-state index contributed by atoms with van der Waals surface area (Å²) in [6.07, 6.45) is 9.39. The van der Waals surface area contributed by atoms with Crippen molar-refractivity contribution < 1.29 is 9.72 Å². The molecule has 0 spiro atoms. The van der Waals surface area contributed by atoms with E-state index in [0.717, 1.165) is 19.3 Å². The summed E-state index contributed by atoms with van der Waals surface area (Å²) in [6, 6.07) is 0.260. The van der Waals surface area contributed by atoms with Gasteiger partial charge in [-0.15, -0.1) is 0 Å². The van der Waals surface area contributed by atoms with Gasteiger partial charge in [0, 0.05) is 24.3 Å². The van der Waals surface area contributed by atoms with Gasteiger partial charge in [0.25, 0.3) is 0 Å². The molecule has 1 aliphatic carbocycles. The van der Waals surface area contributed by atoms with Gasteiger partial charge in [0.15, 0.2) is 0 Å². The average molecular weight is 312 g/mol. The zero-order chi connectivity index (χ0) is 15.2. The van der Waals surface area contributed by atoms with Crippen LogP contribution in [0.15, 0.2) is 12.4 Å². The molecule has 0 aromatic carbocycles. The van der Waals surface area contributed by atoms with Crippen LogP contribution in [0.3, 0.4) is 0 Å². The highest BCUT2D eigenvalue weighted by Crippen LogP contribution is 2.26. The molecule has 0 bridgehead atoms. The molecule has 1 saturated carbocycles. The molecule has 2 unspecified atom stereocenters. The number of thioether (sulfide) groups is 1. The number of carbonyl (C=O) groups is 1. The molecule has 0 aliphatic heterocycles. The van der Waals surface area contributed by atoms with Crippen molar-refractivity contribution in [1.82, 2.24) is 15.1 Å². The highest BCUT2D eigenvalue weighted by atomic mass is 32.2. The summed E-state index contributed by atoms with van der Waals surface area (Å²) in [6.45, 7) is 0.359. The Balaban J connectivity index is 1.75. The van der Waals surface area contributed by atoms with E-state index in [2.05, 4.69) is 16.7 Å². The van der Waals surface area contributed by atoms with Crippen LogP contribution >= 0.6 is 11.8 Å². The Bertz CT molecular complexity index is 505. The highest BCUT2D eigenvalue weighted by Gasteiger charge is 2.22. The monoisotopic (exact) mass is 312 g/mol. The third kappa shape index (κ3) is 4.73. The van der Waals surface area contributed by atoms with Gasteiger partial charge < -0.3 is 5.32 Å². The maximum Gasteiger partial charge on any atom is 0.306 e. The van der Waals surface area contributed by atoms with Crippen molar-refractivity contribution in [2.24, 2.45) is 0 Å². The normalized spacial score (nSPS) is 22.0. The van der Waals surface area contributed by atoms with E-state index >= 15 is 0 Å². The second kappa shape index (κ2) is 7.44. The van der Waals surface area contributed by atoms with Crippen LogP contribution in [0.1, 0.15) is 32.1 Å². The van der Waals surface area contributed by atoms with Crippen LogP contribution in [0.4, 0.5) is 5.69 Å². The second-order valence-corrected chi connectivity index (χ2v) is 6.40. The molecule has 1 heterocycles. The van der Waals surface area contributed by atoms with E-state index in [1.165, 1.54) is 23.5 Å². The Morgan fingerprint density at radius 2 is 2.43 bits per heavy atom. The first-order chi connectivity index (χ1) is 10.1. The van der Waals surface area contributed by atoms with Gasteiger partial charge in [-0.1, -0.05) is 6.42 Å². The van der Waals surface area contributed by atoms with Crippen LogP contribution in [0.2, 0.25) is 0 Å². The van der Waals surface area contributed by atoms with Gasteiger partial charge in [0.1, 0.15) is 12.4 Å². The minimum absolute atomic E-state index is 0.0140. The van der Waals surface area contributed by atoms with Crippen LogP contribution in [0, 0.1) is 10.1 Å². The topological polar surface area (TPSA) is 90.1 Å². The van der Waals surface area contributed by atoms with E-state index in [1.807, 2.05) is 11.8 Å². The van der Waals surface area contributed by atoms with Crippen LogP contribution < -0.4 is 5.32 Å². The van der Waals surface area contributed by atoms with E-state index in [4.69, 9.17) is 0 Å². The molecule has 1 aromatic rings. The van der Waals surface area contributed by atoms with Crippen molar-refractivity contribution >= 4 is 23.4 Å². The highest BCUT2D eigenvalue weighted by molar-refractivity contribution is 7.99. The third-order valence-corrected chi connectivity index (χ3v) is 4.82. The summed E-state index contributed by atoms with van der Waals surface area (Å²) >= 11 is 1.86. The van der Waals surface area contributed by atoms with Crippen molar-refractivity contribution in [3.63, 3.8) is 0 Å². The van der Waals surface area contributed by atoms with Crippen molar-refractivity contribution in [2.75, 3.05) is 6.26 Å². The number of hydrogen-bond donors (Lipinski definition) is 1. The zero-order valence-corrected chi connectivity index (χ0v) is 12.8. The Morgan fingerprint density at radius 1 is 1.62 bits per heavy atom. The lowest BCUT2D eigenvalue weighted by atomic mass is 9.95. The van der Waals surface area contributed by atoms with Gasteiger partial charge in [0.2, 0.25) is 5.91 Å². The predicted molar refractivity (Wildman–Crippen MR) is 81.2 cm³/mol. The molecule has 2 atom stereocenters. The molecule has 1 aliphatic rings. The maximum absolute atomic E-state index is 11.9. The second-order valence-electron chi connectivity index (χ2n) is 5.26. The third-order valence-electron chi connectivity index (χ3n) is 3.72. The summed E-state index contributed by atoms with van der Waals surface area (Å²) < 4.78 is 1.43. The van der Waals surface area contributed by atoms with Gasteiger partial charge in [-0.25, -0.2) is 0 Å². The van der Waals surface area contributed by atoms with E-state index in [-0.39, 0.29) is 17.6 Å². The van der Waals surface area contributed by atoms with Crippen molar-refractivity contribution in [3.8, 4) is 0 Å². The number of aromatic nitrogens is 2. The molecule has 0 radical (unpaired) electrons. The average Bonchev–Trinajstić information content (AvgIpc) is 2.94. The number of nitrogens with one attached hydrogen (secondary N) is 1. The number of rotatable bonds is 6. The van der Waals surface area contributed by atoms with Crippen LogP contribution in [0.25, 0.3) is 0 Å². The number of hydrogen-bond acceptors (Lipinski definition) is 5. The number of carbonyl (C=O) groups excluding carboxylic acids is 1. The fourth-order valence-corrected chi connectivity index (χ4v) is 3.40. The Morgan fingerprint density at radius 3 is 3.10 bits per heavy atom. The van der Waals surface area contributed by atoms with Gasteiger partial charge in [-0.3, -0.25) is 19.6 Å². The Hall–Kier alpha value is -1.57. The first kappa shape index (κ1) is 15.8. The van der Waals surface area contributed by atoms with Crippen LogP contribution in [-0.2, 0) is 11.3 Å². The van der Waals surface area contributed by atoms with Gasteiger partial charge in [-0.05, 0) is 25.5 Å². The predicted octanol–water partition coefficient (Wildman–Crippen LogP) is 1.97. The van der Waals surface area contributed by atoms with Crippen molar-refractivity contribution in [2.45, 2.75) is 49.9 Å². The lowest BCUT2D eigenvalue weighted by Gasteiger charge is -2.28. The molecule has 7 nitrogen and oxygen atoms in total. The lowest BCUT2D eigenvalue weighted by Crippen LogP contribution is -2.39. The van der Waals surface area contributed by atoms with E-state index < -0.39 is 4.92 Å². The molecule has 2 rings (SSSR count). The van der Waals surface area contributed by atoms with Gasteiger partial charge in [-0.2, -0.15) is 16.9 Å². The first-order valence-electron chi connectivity index (χ1n) is 7.07. The van der Waals surface area contributed by atoms with Crippen molar-refractivity contribution in [1.29, 1.82) is 0 Å².